The fourth-order valence-corrected chi connectivity index (χ4v) is 4.85. The van der Waals surface area contributed by atoms with E-state index in [9.17, 15) is 0 Å². The molecule has 0 aromatic heterocycles. The van der Waals surface area contributed by atoms with E-state index in [4.69, 9.17) is 0 Å². The van der Waals surface area contributed by atoms with Crippen LogP contribution in [-0.4, -0.2) is 0 Å². The van der Waals surface area contributed by atoms with Gasteiger partial charge < -0.3 is 0 Å². The minimum Gasteiger partial charge on any atom is -0.0984 e. The lowest BCUT2D eigenvalue weighted by Crippen LogP contribution is -2.17. The first kappa shape index (κ1) is 17.8. The maximum atomic E-state index is 4.14. The first-order valence-electron chi connectivity index (χ1n) is 9.90. The predicted octanol–water partition coefficient (Wildman–Crippen LogP) is 7.48. The Kier molecular flexibility index (Phi) is 4.11. The summed E-state index contributed by atoms with van der Waals surface area (Å²) in [5.41, 5.74) is 13.7. The summed E-state index contributed by atoms with van der Waals surface area (Å²) in [4.78, 5) is 0. The zero-order valence-corrected chi connectivity index (χ0v) is 17.1. The van der Waals surface area contributed by atoms with Gasteiger partial charge >= 0.3 is 0 Å². The topological polar surface area (TPSA) is 0 Å². The van der Waals surface area contributed by atoms with Crippen molar-refractivity contribution in [3.05, 3.63) is 88.5 Å². The molecular weight excluding hydrogens is 324 g/mol. The lowest BCUT2D eigenvalue weighted by Gasteiger charge is -2.25. The second-order valence-electron chi connectivity index (χ2n) is 8.27. The van der Waals surface area contributed by atoms with Gasteiger partial charge in [-0.25, -0.2) is 0 Å². The molecule has 27 heavy (non-hydrogen) atoms. The Labute approximate surface area is 163 Å². The van der Waals surface area contributed by atoms with Crippen LogP contribution in [0.25, 0.3) is 28.3 Å². The first-order valence-corrected chi connectivity index (χ1v) is 9.90. The quantitative estimate of drug-likeness (QED) is 0.458. The molecule has 0 atom stereocenters. The van der Waals surface area contributed by atoms with E-state index in [1.165, 1.54) is 55.6 Å². The Morgan fingerprint density at radius 2 is 1.59 bits per heavy atom. The lowest BCUT2D eigenvalue weighted by molar-refractivity contribution is 0.657. The van der Waals surface area contributed by atoms with Crippen LogP contribution in [0.2, 0.25) is 0 Å². The summed E-state index contributed by atoms with van der Waals surface area (Å²) < 4.78 is 0. The van der Waals surface area contributed by atoms with Gasteiger partial charge in [-0.1, -0.05) is 75.9 Å². The molecule has 1 aliphatic carbocycles. The fourth-order valence-electron chi connectivity index (χ4n) is 4.85. The number of rotatable bonds is 3. The maximum Gasteiger partial charge on any atom is 0.0164 e. The van der Waals surface area contributed by atoms with Gasteiger partial charge in [-0.15, -0.1) is 0 Å². The maximum absolute atomic E-state index is 4.14. The Hall–Kier alpha value is -2.60. The monoisotopic (exact) mass is 352 g/mol. The molecule has 0 unspecified atom stereocenters. The molecule has 3 aromatic rings. The fraction of sp³-hybridized carbons (Fsp3) is 0.259. The van der Waals surface area contributed by atoms with Crippen molar-refractivity contribution in [3.8, 4) is 22.3 Å². The van der Waals surface area contributed by atoms with Crippen LogP contribution < -0.4 is 0 Å². The van der Waals surface area contributed by atoms with E-state index in [1.54, 1.807) is 0 Å². The molecule has 1 aliphatic rings. The van der Waals surface area contributed by atoms with Gasteiger partial charge in [0.15, 0.2) is 0 Å². The van der Waals surface area contributed by atoms with Crippen molar-refractivity contribution in [1.29, 1.82) is 0 Å². The molecule has 136 valence electrons. The number of hydrogen-bond acceptors (Lipinski definition) is 0. The molecule has 0 N–H and O–H groups in total. The predicted molar refractivity (Wildman–Crippen MR) is 118 cm³/mol. The van der Waals surface area contributed by atoms with Gasteiger partial charge in [0.2, 0.25) is 0 Å². The van der Waals surface area contributed by atoms with Crippen molar-refractivity contribution < 1.29 is 0 Å². The van der Waals surface area contributed by atoms with Crippen molar-refractivity contribution in [2.24, 2.45) is 0 Å². The van der Waals surface area contributed by atoms with Gasteiger partial charge in [0.1, 0.15) is 0 Å². The summed E-state index contributed by atoms with van der Waals surface area (Å²) in [6, 6.07) is 18.1. The average Bonchev–Trinajstić information content (AvgIpc) is 2.88. The van der Waals surface area contributed by atoms with Gasteiger partial charge in [0, 0.05) is 5.41 Å². The molecule has 0 aliphatic heterocycles. The van der Waals surface area contributed by atoms with E-state index in [2.05, 4.69) is 95.8 Å². The van der Waals surface area contributed by atoms with Crippen LogP contribution in [-0.2, 0) is 11.8 Å². The van der Waals surface area contributed by atoms with Crippen LogP contribution in [0.15, 0.2) is 55.1 Å². The van der Waals surface area contributed by atoms with Gasteiger partial charge in [-0.3, -0.25) is 0 Å². The summed E-state index contributed by atoms with van der Waals surface area (Å²) in [5, 5.41) is 0. The van der Waals surface area contributed by atoms with Gasteiger partial charge in [-0.05, 0) is 82.0 Å². The highest BCUT2D eigenvalue weighted by atomic mass is 14.4. The summed E-state index contributed by atoms with van der Waals surface area (Å²) >= 11 is 0. The largest absolute Gasteiger partial charge is 0.0984 e. The van der Waals surface area contributed by atoms with Crippen LogP contribution >= 0.6 is 0 Å². The molecule has 0 saturated carbocycles. The van der Waals surface area contributed by atoms with Crippen LogP contribution in [0.1, 0.15) is 54.2 Å². The van der Waals surface area contributed by atoms with E-state index in [0.29, 0.717) is 0 Å². The van der Waals surface area contributed by atoms with Crippen molar-refractivity contribution in [1.82, 2.24) is 0 Å². The Bertz CT molecular complexity index is 1060. The molecule has 3 aromatic carbocycles. The van der Waals surface area contributed by atoms with E-state index >= 15 is 0 Å². The smallest absolute Gasteiger partial charge is 0.0164 e. The van der Waals surface area contributed by atoms with E-state index in [-0.39, 0.29) is 5.41 Å². The van der Waals surface area contributed by atoms with E-state index < -0.39 is 0 Å². The molecule has 0 saturated heterocycles. The van der Waals surface area contributed by atoms with Crippen LogP contribution in [0, 0.1) is 13.8 Å². The number of aryl methyl sites for hydroxylation is 3. The molecule has 0 fully saturated rings. The van der Waals surface area contributed by atoms with Crippen molar-refractivity contribution in [2.45, 2.75) is 46.5 Å². The van der Waals surface area contributed by atoms with E-state index in [1.807, 2.05) is 0 Å². The number of benzene rings is 3. The second kappa shape index (κ2) is 6.23. The third-order valence-electron chi connectivity index (χ3n) is 6.31. The average molecular weight is 353 g/mol. The third-order valence-corrected chi connectivity index (χ3v) is 6.31. The van der Waals surface area contributed by atoms with Crippen molar-refractivity contribution >= 4 is 6.08 Å². The molecule has 0 nitrogen and oxygen atoms in total. The summed E-state index contributed by atoms with van der Waals surface area (Å²) in [6.07, 6.45) is 3.09. The molecule has 0 amide bonds. The minimum absolute atomic E-state index is 0.00556. The van der Waals surface area contributed by atoms with Crippen LogP contribution in [0.3, 0.4) is 0 Å². The Balaban J connectivity index is 2.04. The van der Waals surface area contributed by atoms with E-state index in [0.717, 1.165) is 6.42 Å². The minimum atomic E-state index is -0.00556. The molecule has 0 bridgehead atoms. The Morgan fingerprint density at radius 1 is 0.852 bits per heavy atom. The Morgan fingerprint density at radius 3 is 2.26 bits per heavy atom. The zero-order chi connectivity index (χ0) is 19.3. The summed E-state index contributed by atoms with van der Waals surface area (Å²) in [5.74, 6) is 0. The summed E-state index contributed by atoms with van der Waals surface area (Å²) in [6.45, 7) is 15.5. The summed E-state index contributed by atoms with van der Waals surface area (Å²) in [7, 11) is 0. The van der Waals surface area contributed by atoms with Crippen LogP contribution in [0.4, 0.5) is 0 Å². The molecule has 0 heteroatoms. The third kappa shape index (κ3) is 2.51. The van der Waals surface area contributed by atoms with Gasteiger partial charge in [0.05, 0.1) is 0 Å². The van der Waals surface area contributed by atoms with Gasteiger partial charge in [-0.2, -0.15) is 0 Å². The molecule has 0 radical (unpaired) electrons. The number of fused-ring (bicyclic) bond motifs is 3. The highest BCUT2D eigenvalue weighted by Gasteiger charge is 2.38. The van der Waals surface area contributed by atoms with Crippen molar-refractivity contribution in [3.63, 3.8) is 0 Å². The molecular formula is C27H28. The first-order chi connectivity index (χ1) is 12.9. The molecule has 0 heterocycles. The standard InChI is InChI=1S/C27H28/c1-7-19-13-14-22-24-16-23(21-12-10-9-11-17(21)3)18(4)15-25(24)27(5,6)26(22)20(19)8-2/h8-16H,2,7H2,1,3-6H3. The highest BCUT2D eigenvalue weighted by molar-refractivity contribution is 5.89. The molecule has 0 spiro atoms. The van der Waals surface area contributed by atoms with Crippen LogP contribution in [0.5, 0.6) is 0 Å². The highest BCUT2D eigenvalue weighted by Crippen LogP contribution is 2.52. The van der Waals surface area contributed by atoms with Gasteiger partial charge in [0.25, 0.3) is 0 Å². The normalized spacial score (nSPS) is 14.0. The second-order valence-corrected chi connectivity index (χ2v) is 8.27. The zero-order valence-electron chi connectivity index (χ0n) is 17.1. The molecule has 4 rings (SSSR count). The SMILES string of the molecule is C=Cc1c(CC)ccc2c1C(C)(C)c1cc(C)c(-c3ccccc3C)cc1-2. The lowest BCUT2D eigenvalue weighted by atomic mass is 9.78. The number of hydrogen-bond donors (Lipinski definition) is 0. The van der Waals surface area contributed by atoms with Crippen molar-refractivity contribution in [2.75, 3.05) is 0 Å².